The molecule has 0 fully saturated rings. The molecule has 6 nitrogen and oxygen atoms in total. The van der Waals surface area contributed by atoms with Gasteiger partial charge in [0.05, 0.1) is 12.8 Å². The number of nitrogens with zero attached hydrogens (tertiary/aromatic N) is 5. The van der Waals surface area contributed by atoms with Gasteiger partial charge in [0.15, 0.2) is 5.82 Å². The fourth-order valence-electron chi connectivity index (χ4n) is 2.57. The number of ether oxygens (including phenoxy) is 1. The molecule has 0 amide bonds. The third-order valence-electron chi connectivity index (χ3n) is 3.76. The molecular formula is C18H15N5O. The second-order valence-electron chi connectivity index (χ2n) is 5.34. The molecule has 0 aliphatic rings. The van der Waals surface area contributed by atoms with E-state index < -0.39 is 0 Å². The summed E-state index contributed by atoms with van der Waals surface area (Å²) >= 11 is 0. The van der Waals surface area contributed by atoms with E-state index in [1.165, 1.54) is 0 Å². The maximum absolute atomic E-state index is 5.18. The Morgan fingerprint density at radius 3 is 2.67 bits per heavy atom. The summed E-state index contributed by atoms with van der Waals surface area (Å²) < 4.78 is 6.94. The van der Waals surface area contributed by atoms with Crippen LogP contribution in [0.15, 0.2) is 61.1 Å². The first-order valence-electron chi connectivity index (χ1n) is 7.57. The highest BCUT2D eigenvalue weighted by molar-refractivity contribution is 5.59. The van der Waals surface area contributed by atoms with Crippen LogP contribution in [-0.4, -0.2) is 31.7 Å². The summed E-state index contributed by atoms with van der Waals surface area (Å²) in [5.74, 6) is 2.14. The molecule has 118 valence electrons. The Hall–Kier alpha value is -3.28. The monoisotopic (exact) mass is 317 g/mol. The average Bonchev–Trinajstić information content (AvgIpc) is 3.05. The van der Waals surface area contributed by atoms with Crippen LogP contribution in [-0.2, 0) is 6.42 Å². The quantitative estimate of drug-likeness (QED) is 0.579. The summed E-state index contributed by atoms with van der Waals surface area (Å²) in [6.07, 6.45) is 5.93. The van der Waals surface area contributed by atoms with Gasteiger partial charge in [-0.05, 0) is 35.9 Å². The first-order chi connectivity index (χ1) is 11.8. The van der Waals surface area contributed by atoms with Crippen LogP contribution >= 0.6 is 0 Å². The Morgan fingerprint density at radius 1 is 1.04 bits per heavy atom. The van der Waals surface area contributed by atoms with Crippen LogP contribution in [0.25, 0.3) is 17.0 Å². The molecule has 0 bridgehead atoms. The molecule has 0 N–H and O–H groups in total. The Kier molecular flexibility index (Phi) is 3.63. The van der Waals surface area contributed by atoms with Crippen LogP contribution in [0.3, 0.4) is 0 Å². The maximum Gasteiger partial charge on any atom is 0.252 e. The molecule has 4 rings (SSSR count). The fourth-order valence-corrected chi connectivity index (χ4v) is 2.57. The van der Waals surface area contributed by atoms with Gasteiger partial charge in [0.2, 0.25) is 0 Å². The van der Waals surface area contributed by atoms with E-state index in [1.54, 1.807) is 30.2 Å². The van der Waals surface area contributed by atoms with Crippen LogP contribution in [0, 0.1) is 0 Å². The van der Waals surface area contributed by atoms with Crippen molar-refractivity contribution >= 4 is 5.78 Å². The zero-order valence-corrected chi connectivity index (χ0v) is 13.1. The van der Waals surface area contributed by atoms with Gasteiger partial charge in [-0.25, -0.2) is 4.98 Å². The highest BCUT2D eigenvalue weighted by atomic mass is 16.5. The normalized spacial score (nSPS) is 10.9. The van der Waals surface area contributed by atoms with Gasteiger partial charge in [0, 0.05) is 30.6 Å². The molecule has 0 saturated carbocycles. The Morgan fingerprint density at radius 2 is 1.92 bits per heavy atom. The average molecular weight is 317 g/mol. The lowest BCUT2D eigenvalue weighted by Gasteiger charge is -2.02. The summed E-state index contributed by atoms with van der Waals surface area (Å²) in [6, 6.07) is 13.7. The number of pyridine rings is 1. The van der Waals surface area contributed by atoms with Crippen LogP contribution < -0.4 is 4.74 Å². The molecule has 3 heterocycles. The Labute approximate surface area is 138 Å². The number of fused-ring (bicyclic) bond motifs is 1. The second-order valence-corrected chi connectivity index (χ2v) is 5.34. The third kappa shape index (κ3) is 2.69. The van der Waals surface area contributed by atoms with Crippen molar-refractivity contribution in [2.75, 3.05) is 7.11 Å². The molecule has 0 spiro atoms. The van der Waals surface area contributed by atoms with Crippen molar-refractivity contribution < 1.29 is 4.74 Å². The SMILES string of the molecule is COc1ccc(Cc2nc3nccc(-c4cccnc4)n3n2)cc1. The van der Waals surface area contributed by atoms with Gasteiger partial charge < -0.3 is 4.74 Å². The van der Waals surface area contributed by atoms with E-state index in [1.807, 2.05) is 42.5 Å². The lowest BCUT2D eigenvalue weighted by Crippen LogP contribution is -1.97. The Balaban J connectivity index is 1.70. The Bertz CT molecular complexity index is 964. The number of benzene rings is 1. The number of methoxy groups -OCH3 is 1. The minimum absolute atomic E-state index is 0.583. The molecular weight excluding hydrogens is 302 g/mol. The van der Waals surface area contributed by atoms with E-state index in [0.29, 0.717) is 12.2 Å². The lowest BCUT2D eigenvalue weighted by atomic mass is 10.1. The summed E-state index contributed by atoms with van der Waals surface area (Å²) in [5, 5.41) is 4.61. The summed E-state index contributed by atoms with van der Waals surface area (Å²) in [7, 11) is 1.66. The summed E-state index contributed by atoms with van der Waals surface area (Å²) in [5.41, 5.74) is 3.02. The minimum atomic E-state index is 0.583. The van der Waals surface area contributed by atoms with Gasteiger partial charge in [0.1, 0.15) is 5.75 Å². The number of hydrogen-bond acceptors (Lipinski definition) is 5. The van der Waals surface area contributed by atoms with Crippen molar-refractivity contribution in [2.45, 2.75) is 6.42 Å². The molecule has 24 heavy (non-hydrogen) atoms. The van der Waals surface area contributed by atoms with E-state index in [2.05, 4.69) is 20.1 Å². The zero-order chi connectivity index (χ0) is 16.4. The molecule has 4 aromatic rings. The lowest BCUT2D eigenvalue weighted by molar-refractivity contribution is 0.414. The van der Waals surface area contributed by atoms with Crippen molar-refractivity contribution in [3.63, 3.8) is 0 Å². The first kappa shape index (κ1) is 14.3. The number of rotatable bonds is 4. The topological polar surface area (TPSA) is 65.2 Å². The number of aromatic nitrogens is 5. The molecule has 6 heteroatoms. The van der Waals surface area contributed by atoms with Crippen molar-refractivity contribution in [1.82, 2.24) is 24.6 Å². The van der Waals surface area contributed by atoms with Gasteiger partial charge >= 0.3 is 0 Å². The van der Waals surface area contributed by atoms with Crippen LogP contribution in [0.2, 0.25) is 0 Å². The summed E-state index contributed by atoms with van der Waals surface area (Å²) in [4.78, 5) is 13.0. The number of hydrogen-bond donors (Lipinski definition) is 0. The highest BCUT2D eigenvalue weighted by Crippen LogP contribution is 2.19. The van der Waals surface area contributed by atoms with Crippen molar-refractivity contribution in [3.05, 3.63) is 72.4 Å². The smallest absolute Gasteiger partial charge is 0.252 e. The van der Waals surface area contributed by atoms with Crippen LogP contribution in [0.4, 0.5) is 0 Å². The zero-order valence-electron chi connectivity index (χ0n) is 13.1. The van der Waals surface area contributed by atoms with Gasteiger partial charge in [-0.3, -0.25) is 4.98 Å². The molecule has 1 aromatic carbocycles. The molecule has 0 aliphatic carbocycles. The van der Waals surface area contributed by atoms with E-state index in [-0.39, 0.29) is 0 Å². The molecule has 0 unspecified atom stereocenters. The van der Waals surface area contributed by atoms with E-state index in [9.17, 15) is 0 Å². The molecule has 0 radical (unpaired) electrons. The standard InChI is InChI=1S/C18H15N5O/c1-24-15-6-4-13(5-7-15)11-17-21-18-20-10-8-16(23(18)22-17)14-3-2-9-19-12-14/h2-10,12H,11H2,1H3. The highest BCUT2D eigenvalue weighted by Gasteiger charge is 2.10. The van der Waals surface area contributed by atoms with Gasteiger partial charge in [-0.2, -0.15) is 9.50 Å². The van der Waals surface area contributed by atoms with E-state index >= 15 is 0 Å². The second kappa shape index (κ2) is 6.08. The van der Waals surface area contributed by atoms with Crippen molar-refractivity contribution in [3.8, 4) is 17.0 Å². The van der Waals surface area contributed by atoms with Crippen LogP contribution in [0.5, 0.6) is 5.75 Å². The van der Waals surface area contributed by atoms with Gasteiger partial charge in [-0.1, -0.05) is 12.1 Å². The van der Waals surface area contributed by atoms with Crippen molar-refractivity contribution in [1.29, 1.82) is 0 Å². The summed E-state index contributed by atoms with van der Waals surface area (Å²) in [6.45, 7) is 0. The molecule has 3 aromatic heterocycles. The van der Waals surface area contributed by atoms with E-state index in [4.69, 9.17) is 4.74 Å². The minimum Gasteiger partial charge on any atom is -0.497 e. The largest absolute Gasteiger partial charge is 0.497 e. The first-order valence-corrected chi connectivity index (χ1v) is 7.57. The van der Waals surface area contributed by atoms with E-state index in [0.717, 1.165) is 28.4 Å². The van der Waals surface area contributed by atoms with Crippen LogP contribution in [0.1, 0.15) is 11.4 Å². The predicted octanol–water partition coefficient (Wildman–Crippen LogP) is 2.79. The van der Waals surface area contributed by atoms with Crippen molar-refractivity contribution in [2.24, 2.45) is 0 Å². The van der Waals surface area contributed by atoms with Gasteiger partial charge in [0.25, 0.3) is 5.78 Å². The fraction of sp³-hybridized carbons (Fsp3) is 0.111. The predicted molar refractivity (Wildman–Crippen MR) is 89.8 cm³/mol. The molecule has 0 saturated heterocycles. The van der Waals surface area contributed by atoms with Gasteiger partial charge in [-0.15, -0.1) is 5.10 Å². The molecule has 0 aliphatic heterocycles. The maximum atomic E-state index is 5.18. The third-order valence-corrected chi connectivity index (χ3v) is 3.76. The molecule has 0 atom stereocenters.